The third-order valence-electron chi connectivity index (χ3n) is 4.60. The number of nitrogens with two attached hydrogens (primary N) is 1. The van der Waals surface area contributed by atoms with Gasteiger partial charge in [-0.15, -0.1) is 10.2 Å². The van der Waals surface area contributed by atoms with Crippen molar-refractivity contribution in [3.8, 4) is 0 Å². The van der Waals surface area contributed by atoms with Gasteiger partial charge in [0, 0.05) is 31.1 Å². The van der Waals surface area contributed by atoms with E-state index in [0.717, 1.165) is 37.5 Å². The molecule has 7 nitrogen and oxygen atoms in total. The number of nitrogens with zero attached hydrogens (tertiary/aromatic N) is 4. The van der Waals surface area contributed by atoms with Crippen LogP contribution in [0.15, 0.2) is 18.3 Å². The summed E-state index contributed by atoms with van der Waals surface area (Å²) in [6.07, 6.45) is 6.60. The Balaban J connectivity index is 1.41. The molecule has 0 bridgehead atoms. The number of pyridine rings is 1. The maximum absolute atomic E-state index is 12.3. The molecule has 1 aliphatic carbocycles. The highest BCUT2D eigenvalue weighted by molar-refractivity contribution is 5.94. The van der Waals surface area contributed by atoms with Gasteiger partial charge in [0.25, 0.3) is 5.91 Å². The normalized spacial score (nSPS) is 20.6. The van der Waals surface area contributed by atoms with E-state index in [0.29, 0.717) is 17.3 Å². The van der Waals surface area contributed by atoms with Gasteiger partial charge < -0.3 is 15.6 Å². The zero-order chi connectivity index (χ0) is 15.8. The fourth-order valence-electron chi connectivity index (χ4n) is 3.11. The van der Waals surface area contributed by atoms with Crippen LogP contribution in [0, 0.1) is 0 Å². The molecule has 3 N–H and O–H groups in total. The highest BCUT2D eigenvalue weighted by atomic mass is 16.1. The molecule has 1 atom stereocenters. The first kappa shape index (κ1) is 14.2. The Morgan fingerprint density at radius 3 is 2.83 bits per heavy atom. The van der Waals surface area contributed by atoms with E-state index < -0.39 is 0 Å². The number of hydrogen-bond acceptors (Lipinski definition) is 5. The number of nitrogen functional groups attached to an aromatic ring is 1. The van der Waals surface area contributed by atoms with Gasteiger partial charge in [0.05, 0.1) is 5.56 Å². The Labute approximate surface area is 134 Å². The molecule has 1 aliphatic heterocycles. The Morgan fingerprint density at radius 1 is 1.22 bits per heavy atom. The van der Waals surface area contributed by atoms with E-state index in [2.05, 4.69) is 25.1 Å². The molecule has 2 aromatic heterocycles. The molecule has 1 amide bonds. The minimum atomic E-state index is -0.0948. The number of nitrogens with one attached hydrogen (secondary N) is 1. The molecule has 0 spiro atoms. The largest absolute Gasteiger partial charge is 0.384 e. The molecule has 1 fully saturated rings. The van der Waals surface area contributed by atoms with Gasteiger partial charge in [-0.25, -0.2) is 4.98 Å². The summed E-state index contributed by atoms with van der Waals surface area (Å²) in [5, 5.41) is 11.8. The molecule has 0 saturated heterocycles. The van der Waals surface area contributed by atoms with Crippen LogP contribution in [0.5, 0.6) is 0 Å². The molecular formula is C16H20N6O. The maximum atomic E-state index is 12.3. The summed E-state index contributed by atoms with van der Waals surface area (Å²) in [6, 6.07) is 3.49. The van der Waals surface area contributed by atoms with Crippen molar-refractivity contribution in [2.45, 2.75) is 50.6 Å². The van der Waals surface area contributed by atoms with Crippen molar-refractivity contribution in [2.24, 2.45) is 0 Å². The summed E-state index contributed by atoms with van der Waals surface area (Å²) < 4.78 is 2.26. The lowest BCUT2D eigenvalue weighted by molar-refractivity contribution is 0.0932. The molecule has 3 heterocycles. The van der Waals surface area contributed by atoms with E-state index in [1.54, 1.807) is 12.1 Å². The average molecular weight is 312 g/mol. The van der Waals surface area contributed by atoms with Crippen molar-refractivity contribution >= 4 is 11.7 Å². The minimum absolute atomic E-state index is 0.0948. The maximum Gasteiger partial charge on any atom is 0.253 e. The molecule has 2 aromatic rings. The summed E-state index contributed by atoms with van der Waals surface area (Å²) in [5.74, 6) is 3.11. The monoisotopic (exact) mass is 312 g/mol. The molecule has 7 heteroatoms. The van der Waals surface area contributed by atoms with Crippen LogP contribution in [0.1, 0.15) is 53.6 Å². The van der Waals surface area contributed by atoms with Crippen molar-refractivity contribution in [3.63, 3.8) is 0 Å². The van der Waals surface area contributed by atoms with Crippen molar-refractivity contribution in [1.82, 2.24) is 25.1 Å². The summed E-state index contributed by atoms with van der Waals surface area (Å²) in [4.78, 5) is 16.3. The van der Waals surface area contributed by atoms with Crippen molar-refractivity contribution in [2.75, 3.05) is 5.73 Å². The molecule has 120 valence electrons. The number of fused-ring (bicyclic) bond motifs is 1. The highest BCUT2D eigenvalue weighted by Gasteiger charge is 2.31. The van der Waals surface area contributed by atoms with E-state index in [9.17, 15) is 4.79 Å². The summed E-state index contributed by atoms with van der Waals surface area (Å²) >= 11 is 0. The lowest BCUT2D eigenvalue weighted by Gasteiger charge is -2.16. The quantitative estimate of drug-likeness (QED) is 0.889. The average Bonchev–Trinajstić information content (AvgIpc) is 3.34. The van der Waals surface area contributed by atoms with Gasteiger partial charge in [-0.3, -0.25) is 4.79 Å². The number of carbonyl (C=O) groups excluding carboxylic acids is 1. The van der Waals surface area contributed by atoms with Gasteiger partial charge in [-0.2, -0.15) is 0 Å². The lowest BCUT2D eigenvalue weighted by Crippen LogP contribution is -2.35. The minimum Gasteiger partial charge on any atom is -0.384 e. The van der Waals surface area contributed by atoms with E-state index in [-0.39, 0.29) is 11.9 Å². The zero-order valence-electron chi connectivity index (χ0n) is 12.9. The van der Waals surface area contributed by atoms with Gasteiger partial charge in [0.15, 0.2) is 0 Å². The molecule has 23 heavy (non-hydrogen) atoms. The summed E-state index contributed by atoms with van der Waals surface area (Å²) in [7, 11) is 0. The van der Waals surface area contributed by atoms with Crippen LogP contribution < -0.4 is 11.1 Å². The molecular weight excluding hydrogens is 292 g/mol. The summed E-state index contributed by atoms with van der Waals surface area (Å²) in [6.45, 7) is 0.874. The zero-order valence-corrected chi connectivity index (χ0v) is 12.9. The van der Waals surface area contributed by atoms with Crippen molar-refractivity contribution < 1.29 is 4.79 Å². The van der Waals surface area contributed by atoms with Gasteiger partial charge in [0.1, 0.15) is 17.5 Å². The first-order chi connectivity index (χ1) is 11.2. The molecule has 1 saturated carbocycles. The highest BCUT2D eigenvalue weighted by Crippen LogP contribution is 2.39. The number of aromatic nitrogens is 4. The number of carbonyl (C=O) groups is 1. The van der Waals surface area contributed by atoms with E-state index >= 15 is 0 Å². The summed E-state index contributed by atoms with van der Waals surface area (Å²) in [5.41, 5.74) is 6.10. The van der Waals surface area contributed by atoms with Crippen molar-refractivity contribution in [1.29, 1.82) is 0 Å². The SMILES string of the molecule is Nc1ccc(C(=O)NC2CCc3nnc(C4CC4)n3CC2)cn1. The Bertz CT molecular complexity index is 719. The van der Waals surface area contributed by atoms with Gasteiger partial charge in [-0.1, -0.05) is 0 Å². The number of aryl methyl sites for hydroxylation is 1. The number of anilines is 1. The lowest BCUT2D eigenvalue weighted by atomic mass is 10.1. The van der Waals surface area contributed by atoms with Crippen LogP contribution in [0.25, 0.3) is 0 Å². The molecule has 4 rings (SSSR count). The number of hydrogen-bond donors (Lipinski definition) is 2. The van der Waals surface area contributed by atoms with Crippen LogP contribution in [-0.2, 0) is 13.0 Å². The van der Waals surface area contributed by atoms with E-state index in [1.807, 2.05) is 0 Å². The van der Waals surface area contributed by atoms with Crippen LogP contribution in [0.3, 0.4) is 0 Å². The second kappa shape index (κ2) is 5.64. The topological polar surface area (TPSA) is 98.7 Å². The third kappa shape index (κ3) is 2.91. The Morgan fingerprint density at radius 2 is 2.09 bits per heavy atom. The van der Waals surface area contributed by atoms with Crippen LogP contribution >= 0.6 is 0 Å². The Hall–Kier alpha value is -2.44. The van der Waals surface area contributed by atoms with Gasteiger partial charge in [0.2, 0.25) is 0 Å². The van der Waals surface area contributed by atoms with E-state index in [4.69, 9.17) is 5.73 Å². The third-order valence-corrected chi connectivity index (χ3v) is 4.60. The van der Waals surface area contributed by atoms with Crippen molar-refractivity contribution in [3.05, 3.63) is 35.5 Å². The van der Waals surface area contributed by atoms with Crippen LogP contribution in [-0.4, -0.2) is 31.7 Å². The first-order valence-electron chi connectivity index (χ1n) is 8.15. The molecule has 0 radical (unpaired) electrons. The standard InChI is InChI=1S/C16H20N6O/c17-13-5-3-11(9-18-13)16(23)19-12-4-6-14-20-21-15(10-1-2-10)22(14)8-7-12/h3,5,9-10,12H,1-2,4,6-8H2,(H2,17,18)(H,19,23). The fourth-order valence-corrected chi connectivity index (χ4v) is 3.11. The van der Waals surface area contributed by atoms with Gasteiger partial charge >= 0.3 is 0 Å². The number of rotatable bonds is 3. The molecule has 0 aromatic carbocycles. The second-order valence-electron chi connectivity index (χ2n) is 6.37. The first-order valence-corrected chi connectivity index (χ1v) is 8.15. The number of amides is 1. The molecule has 2 aliphatic rings. The van der Waals surface area contributed by atoms with E-state index in [1.165, 1.54) is 19.0 Å². The van der Waals surface area contributed by atoms with Gasteiger partial charge in [-0.05, 0) is 37.8 Å². The van der Waals surface area contributed by atoms with Crippen LogP contribution in [0.2, 0.25) is 0 Å². The molecule has 1 unspecified atom stereocenters. The predicted octanol–water partition coefficient (Wildman–Crippen LogP) is 1.27. The Kier molecular flexibility index (Phi) is 3.48. The van der Waals surface area contributed by atoms with Crippen LogP contribution in [0.4, 0.5) is 5.82 Å². The second-order valence-corrected chi connectivity index (χ2v) is 6.37. The fraction of sp³-hybridized carbons (Fsp3) is 0.500. The smallest absolute Gasteiger partial charge is 0.253 e. The predicted molar refractivity (Wildman–Crippen MR) is 84.8 cm³/mol.